The fraction of sp³-hybridized carbons (Fsp3) is 0.167. The Kier molecular flexibility index (Phi) is 6.35. The Hall–Kier alpha value is -1.90. The van der Waals surface area contributed by atoms with E-state index in [4.69, 9.17) is 19.3 Å². The molecule has 0 aliphatic heterocycles. The summed E-state index contributed by atoms with van der Waals surface area (Å²) in [5.74, 6) is -0.731. The Morgan fingerprint density at radius 3 is 2.33 bits per heavy atom. The first-order chi connectivity index (χ1) is 9.63. The van der Waals surface area contributed by atoms with Crippen LogP contribution in [0.3, 0.4) is 0 Å². The molecule has 0 bridgehead atoms. The maximum atomic E-state index is 11.0. The predicted octanol–water partition coefficient (Wildman–Crippen LogP) is 0.731. The molecule has 0 aliphatic rings. The van der Waals surface area contributed by atoms with Gasteiger partial charge in [0.05, 0.1) is 20.3 Å². The minimum atomic E-state index is -1.21. The van der Waals surface area contributed by atoms with Gasteiger partial charge >= 0.3 is 41.5 Å². The fourth-order valence-corrected chi connectivity index (χ4v) is 1.37. The van der Waals surface area contributed by atoms with E-state index in [0.717, 1.165) is 0 Å². The molecule has 0 amide bonds. The van der Waals surface area contributed by atoms with E-state index in [1.54, 1.807) is 6.07 Å². The van der Waals surface area contributed by atoms with Crippen molar-refractivity contribution in [1.29, 1.82) is 0 Å². The van der Waals surface area contributed by atoms with Crippen LogP contribution in [0.1, 0.15) is 10.5 Å². The van der Waals surface area contributed by atoms with Gasteiger partial charge in [-0.3, -0.25) is 0 Å². The molecule has 2 heterocycles. The van der Waals surface area contributed by atoms with E-state index < -0.39 is 5.97 Å². The second-order valence-corrected chi connectivity index (χ2v) is 3.49. The Balaban J connectivity index is 0.00000220. The summed E-state index contributed by atoms with van der Waals surface area (Å²) < 4.78 is 15.3. The summed E-state index contributed by atoms with van der Waals surface area (Å²) in [5, 5.41) is 9.01. The van der Waals surface area contributed by atoms with E-state index in [2.05, 4.69) is 15.0 Å². The van der Waals surface area contributed by atoms with Crippen LogP contribution in [-0.2, 0) is 0 Å². The van der Waals surface area contributed by atoms with Crippen molar-refractivity contribution < 1.29 is 24.1 Å². The number of aromatic nitrogens is 3. The number of nitrogens with zero attached hydrogens (tertiary/aromatic N) is 3. The molecule has 2 rings (SSSR count). The average molecular weight is 301 g/mol. The maximum absolute atomic E-state index is 11.0. The molecule has 0 unspecified atom stereocenters. The Morgan fingerprint density at radius 1 is 1.19 bits per heavy atom. The van der Waals surface area contributed by atoms with Gasteiger partial charge in [-0.1, -0.05) is 0 Å². The molecule has 0 spiro atoms. The van der Waals surface area contributed by atoms with E-state index in [-0.39, 0.29) is 58.8 Å². The number of carboxylic acid groups (broad SMARTS) is 1. The van der Waals surface area contributed by atoms with Gasteiger partial charge in [0, 0.05) is 6.20 Å². The fourth-order valence-electron chi connectivity index (χ4n) is 1.37. The molecule has 0 aliphatic carbocycles. The molecule has 2 aromatic heterocycles. The van der Waals surface area contributed by atoms with Crippen molar-refractivity contribution in [1.82, 2.24) is 15.0 Å². The molecule has 0 saturated carbocycles. The Bertz CT molecular complexity index is 616. The number of rotatable bonds is 5. The van der Waals surface area contributed by atoms with E-state index >= 15 is 0 Å². The monoisotopic (exact) mass is 301 g/mol. The first kappa shape index (κ1) is 17.2. The van der Waals surface area contributed by atoms with Crippen LogP contribution >= 0.6 is 0 Å². The Labute approximate surface area is 142 Å². The van der Waals surface area contributed by atoms with Crippen LogP contribution in [0.5, 0.6) is 23.5 Å². The van der Waals surface area contributed by atoms with Crippen molar-refractivity contribution in [2.75, 3.05) is 14.2 Å². The number of methoxy groups -OCH3 is 2. The van der Waals surface area contributed by atoms with Crippen LogP contribution in [-0.4, -0.2) is 69.8 Å². The van der Waals surface area contributed by atoms with Crippen LogP contribution in [0.4, 0.5) is 0 Å². The standard InChI is InChI=1S/C12H11N3O5.Na.H/c1-18-8-6-9(19-2)15-12(14-8)20-7-4-3-5-13-10(7)11(16)17;;/h3-6H,1-2H3,(H,16,17);;. The normalized spacial score (nSPS) is 9.43. The first-order valence-corrected chi connectivity index (χ1v) is 5.47. The topological polar surface area (TPSA) is 104 Å². The molecule has 0 saturated heterocycles. The first-order valence-electron chi connectivity index (χ1n) is 5.47. The third kappa shape index (κ3) is 4.28. The van der Waals surface area contributed by atoms with Gasteiger partial charge in [-0.05, 0) is 12.1 Å². The summed E-state index contributed by atoms with van der Waals surface area (Å²) in [7, 11) is 2.86. The van der Waals surface area contributed by atoms with Crippen molar-refractivity contribution in [2.45, 2.75) is 0 Å². The van der Waals surface area contributed by atoms with Gasteiger partial charge in [0.25, 0.3) is 0 Å². The Morgan fingerprint density at radius 2 is 1.81 bits per heavy atom. The van der Waals surface area contributed by atoms with E-state index in [1.165, 1.54) is 32.5 Å². The molecule has 0 aromatic carbocycles. The minimum absolute atomic E-state index is 0. The molecule has 0 radical (unpaired) electrons. The summed E-state index contributed by atoms with van der Waals surface area (Å²) in [6.07, 6.45) is 1.35. The van der Waals surface area contributed by atoms with Gasteiger partial charge in [-0.2, -0.15) is 9.97 Å². The second kappa shape index (κ2) is 7.77. The van der Waals surface area contributed by atoms with Gasteiger partial charge < -0.3 is 19.3 Å². The van der Waals surface area contributed by atoms with Crippen molar-refractivity contribution in [2.24, 2.45) is 0 Å². The summed E-state index contributed by atoms with van der Waals surface area (Å²) in [4.78, 5) is 22.6. The number of carbonyl (C=O) groups is 1. The number of carboxylic acids is 1. The SMILES string of the molecule is COc1cc(OC)nc(Oc2cccnc2C(=O)O)n1.[NaH]. The van der Waals surface area contributed by atoms with Crippen LogP contribution < -0.4 is 14.2 Å². The molecule has 21 heavy (non-hydrogen) atoms. The van der Waals surface area contributed by atoms with Gasteiger partial charge in [0.2, 0.25) is 11.8 Å². The zero-order valence-corrected chi connectivity index (χ0v) is 10.7. The molecule has 9 heteroatoms. The van der Waals surface area contributed by atoms with Crippen LogP contribution in [0.2, 0.25) is 0 Å². The van der Waals surface area contributed by atoms with Gasteiger partial charge in [-0.25, -0.2) is 9.78 Å². The quantitative estimate of drug-likeness (QED) is 0.806. The van der Waals surface area contributed by atoms with Crippen molar-refractivity contribution >= 4 is 35.5 Å². The molecule has 0 atom stereocenters. The predicted molar refractivity (Wildman–Crippen MR) is 73.6 cm³/mol. The van der Waals surface area contributed by atoms with Crippen LogP contribution in [0.25, 0.3) is 0 Å². The van der Waals surface area contributed by atoms with Gasteiger partial charge in [0.1, 0.15) is 0 Å². The van der Waals surface area contributed by atoms with Gasteiger partial charge in [0.15, 0.2) is 11.4 Å². The summed E-state index contributed by atoms with van der Waals surface area (Å²) in [5.41, 5.74) is -0.238. The van der Waals surface area contributed by atoms with Gasteiger partial charge in [-0.15, -0.1) is 0 Å². The third-order valence-electron chi connectivity index (χ3n) is 2.25. The van der Waals surface area contributed by atoms with E-state index in [1.807, 2.05) is 0 Å². The van der Waals surface area contributed by atoms with Crippen molar-refractivity contribution in [3.63, 3.8) is 0 Å². The molecular formula is C12H12N3NaO5. The molecule has 106 valence electrons. The summed E-state index contributed by atoms with van der Waals surface area (Å²) in [6, 6.07) is 4.36. The number of hydrogen-bond donors (Lipinski definition) is 1. The zero-order valence-electron chi connectivity index (χ0n) is 10.7. The number of aromatic carboxylic acids is 1. The summed E-state index contributed by atoms with van der Waals surface area (Å²) in [6.45, 7) is 0. The van der Waals surface area contributed by atoms with Crippen molar-refractivity contribution in [3.8, 4) is 23.5 Å². The van der Waals surface area contributed by atoms with E-state index in [0.29, 0.717) is 0 Å². The molecular weight excluding hydrogens is 289 g/mol. The molecule has 2 aromatic rings. The zero-order chi connectivity index (χ0) is 14.5. The molecule has 1 N–H and O–H groups in total. The molecule has 8 nitrogen and oxygen atoms in total. The van der Waals surface area contributed by atoms with Crippen LogP contribution in [0, 0.1) is 0 Å². The van der Waals surface area contributed by atoms with E-state index in [9.17, 15) is 4.79 Å². The average Bonchev–Trinajstić information content (AvgIpc) is 2.47. The van der Waals surface area contributed by atoms with Crippen molar-refractivity contribution in [3.05, 3.63) is 30.1 Å². The second-order valence-electron chi connectivity index (χ2n) is 3.49. The number of pyridine rings is 1. The molecule has 0 fully saturated rings. The third-order valence-corrected chi connectivity index (χ3v) is 2.25. The number of ether oxygens (including phenoxy) is 3. The number of hydrogen-bond acceptors (Lipinski definition) is 7. The summed E-state index contributed by atoms with van der Waals surface area (Å²) >= 11 is 0. The van der Waals surface area contributed by atoms with Crippen LogP contribution in [0.15, 0.2) is 24.4 Å².